The zero-order valence-corrected chi connectivity index (χ0v) is 20.5. The molecule has 0 spiro atoms. The number of fused-ring (bicyclic) bond motifs is 2. The van der Waals surface area contributed by atoms with Crippen LogP contribution < -0.4 is 24.5 Å². The molecule has 0 saturated carbocycles. The number of ether oxygens (including phenoxy) is 4. The van der Waals surface area contributed by atoms with Crippen LogP contribution in [0.4, 0.5) is 0 Å². The normalized spacial score (nSPS) is 13.2. The van der Waals surface area contributed by atoms with E-state index in [4.69, 9.17) is 23.4 Å². The van der Waals surface area contributed by atoms with Crippen molar-refractivity contribution in [1.82, 2.24) is 9.29 Å². The van der Waals surface area contributed by atoms with Gasteiger partial charge < -0.3 is 28.3 Å². The van der Waals surface area contributed by atoms with Crippen LogP contribution in [0.1, 0.15) is 11.3 Å². The molecule has 0 bridgehead atoms. The molecule has 2 aromatic carbocycles. The molecule has 188 valence electrons. The number of pyridine rings is 1. The van der Waals surface area contributed by atoms with Gasteiger partial charge in [0, 0.05) is 29.6 Å². The van der Waals surface area contributed by atoms with Gasteiger partial charge in [0.05, 0.1) is 37.4 Å². The van der Waals surface area contributed by atoms with E-state index in [9.17, 15) is 13.2 Å². The molecule has 0 saturated heterocycles. The van der Waals surface area contributed by atoms with Crippen LogP contribution in [0.3, 0.4) is 0 Å². The van der Waals surface area contributed by atoms with Gasteiger partial charge in [-0.1, -0.05) is 0 Å². The smallest absolute Gasteiger partial charge is 0.252 e. The summed E-state index contributed by atoms with van der Waals surface area (Å²) < 4.78 is 55.8. The number of aromatic nitrogens is 1. The fourth-order valence-electron chi connectivity index (χ4n) is 4.02. The number of benzene rings is 2. The van der Waals surface area contributed by atoms with Crippen LogP contribution in [0, 0.1) is 0 Å². The number of rotatable bonds is 8. The number of hydrogen-bond donors (Lipinski definition) is 1. The topological polar surface area (TPSA) is 120 Å². The molecule has 5 rings (SSSR count). The molecule has 0 aliphatic carbocycles. The van der Waals surface area contributed by atoms with Gasteiger partial charge in [0.25, 0.3) is 5.56 Å². The van der Waals surface area contributed by atoms with Crippen molar-refractivity contribution in [2.24, 2.45) is 0 Å². The van der Waals surface area contributed by atoms with Gasteiger partial charge in [-0.25, -0.2) is 8.42 Å². The Bertz CT molecular complexity index is 1560. The molecule has 0 unspecified atom stereocenters. The summed E-state index contributed by atoms with van der Waals surface area (Å²) in [6.45, 7) is 0.447. The van der Waals surface area contributed by atoms with Gasteiger partial charge in [-0.3, -0.25) is 4.79 Å². The monoisotopic (exact) mass is 512 g/mol. The standard InChI is InChI=1S/C25H24N2O8S/c1-31-22-11-16-10-17(25(28)26-20(16)13-23(22)32-2)14-27(15-18-4-3-7-33-18)36(29,30)19-5-6-21-24(12-19)35-9-8-34-21/h3-7,10-13H,8-9,14-15H2,1-2H3,(H,26,28). The summed E-state index contributed by atoms with van der Waals surface area (Å²) in [5, 5.41) is 0.664. The summed E-state index contributed by atoms with van der Waals surface area (Å²) in [7, 11) is -1.04. The van der Waals surface area contributed by atoms with Crippen molar-refractivity contribution in [3.8, 4) is 23.0 Å². The molecule has 0 radical (unpaired) electrons. The fourth-order valence-corrected chi connectivity index (χ4v) is 5.42. The highest BCUT2D eigenvalue weighted by Crippen LogP contribution is 2.34. The molecule has 0 fully saturated rings. The Morgan fingerprint density at radius 1 is 0.944 bits per heavy atom. The highest BCUT2D eigenvalue weighted by atomic mass is 32.2. The number of H-pyrrole nitrogens is 1. The van der Waals surface area contributed by atoms with Gasteiger partial charge in [0.1, 0.15) is 19.0 Å². The quantitative estimate of drug-likeness (QED) is 0.382. The average molecular weight is 513 g/mol. The summed E-state index contributed by atoms with van der Waals surface area (Å²) in [6, 6.07) is 12.8. The van der Waals surface area contributed by atoms with Gasteiger partial charge in [0.2, 0.25) is 10.0 Å². The molecule has 3 heterocycles. The summed E-state index contributed by atoms with van der Waals surface area (Å²) in [6.07, 6.45) is 1.46. The lowest BCUT2D eigenvalue weighted by atomic mass is 10.1. The molecule has 0 amide bonds. The van der Waals surface area contributed by atoms with E-state index < -0.39 is 15.6 Å². The van der Waals surface area contributed by atoms with E-state index in [0.29, 0.717) is 52.9 Å². The van der Waals surface area contributed by atoms with Crippen LogP contribution in [0.15, 0.2) is 68.9 Å². The lowest BCUT2D eigenvalue weighted by Gasteiger charge is -2.23. The highest BCUT2D eigenvalue weighted by molar-refractivity contribution is 7.89. The maximum atomic E-state index is 13.7. The fraction of sp³-hybridized carbons (Fsp3) is 0.240. The third kappa shape index (κ3) is 4.50. The average Bonchev–Trinajstić information content (AvgIpc) is 3.41. The molecule has 1 aliphatic rings. The summed E-state index contributed by atoms with van der Waals surface area (Å²) >= 11 is 0. The molecular weight excluding hydrogens is 488 g/mol. The first-order chi connectivity index (χ1) is 17.4. The summed E-state index contributed by atoms with van der Waals surface area (Å²) in [5.74, 6) is 2.21. The van der Waals surface area contributed by atoms with Gasteiger partial charge >= 0.3 is 0 Å². The Hall–Kier alpha value is -3.96. The van der Waals surface area contributed by atoms with Crippen molar-refractivity contribution in [3.63, 3.8) is 0 Å². The second-order valence-corrected chi connectivity index (χ2v) is 10.0. The van der Waals surface area contributed by atoms with Crippen molar-refractivity contribution >= 4 is 20.9 Å². The van der Waals surface area contributed by atoms with Crippen LogP contribution >= 0.6 is 0 Å². The molecule has 10 nitrogen and oxygen atoms in total. The van der Waals surface area contributed by atoms with E-state index in [1.165, 1.54) is 36.9 Å². The first-order valence-corrected chi connectivity index (χ1v) is 12.5. The second kappa shape index (κ2) is 9.59. The van der Waals surface area contributed by atoms with Gasteiger partial charge in [-0.2, -0.15) is 4.31 Å². The van der Waals surface area contributed by atoms with Crippen LogP contribution in [0.2, 0.25) is 0 Å². The Morgan fingerprint density at radius 2 is 1.69 bits per heavy atom. The maximum Gasteiger partial charge on any atom is 0.252 e. The Kier molecular flexibility index (Phi) is 6.33. The molecule has 11 heteroatoms. The molecule has 4 aromatic rings. The number of methoxy groups -OCH3 is 2. The highest BCUT2D eigenvalue weighted by Gasteiger charge is 2.28. The molecule has 0 atom stereocenters. The zero-order valence-electron chi connectivity index (χ0n) is 19.6. The molecular formula is C25H24N2O8S. The first kappa shape index (κ1) is 23.8. The SMILES string of the molecule is COc1cc2cc(CN(Cc3ccco3)S(=O)(=O)c3ccc4c(c3)OCCO4)c(=O)[nH]c2cc1OC. The van der Waals surface area contributed by atoms with E-state index in [1.54, 1.807) is 36.4 Å². The van der Waals surface area contributed by atoms with E-state index in [1.807, 2.05) is 0 Å². The number of sulfonamides is 1. The number of nitrogens with one attached hydrogen (secondary N) is 1. The van der Waals surface area contributed by atoms with Crippen LogP contribution in [-0.2, 0) is 23.1 Å². The first-order valence-electron chi connectivity index (χ1n) is 11.1. The van der Waals surface area contributed by atoms with Crippen molar-refractivity contribution in [2.45, 2.75) is 18.0 Å². The van der Waals surface area contributed by atoms with Crippen molar-refractivity contribution in [3.05, 3.63) is 76.5 Å². The minimum absolute atomic E-state index is 0.0157. The van der Waals surface area contributed by atoms with E-state index in [2.05, 4.69) is 4.98 Å². The molecule has 2 aromatic heterocycles. The second-order valence-electron chi connectivity index (χ2n) is 8.08. The number of furan rings is 1. The minimum Gasteiger partial charge on any atom is -0.493 e. The van der Waals surface area contributed by atoms with Gasteiger partial charge in [0.15, 0.2) is 23.0 Å². The van der Waals surface area contributed by atoms with Crippen LogP contribution in [-0.4, -0.2) is 45.1 Å². The summed E-state index contributed by atoms with van der Waals surface area (Å²) in [5.41, 5.74) is 0.368. The Labute approximate surface area is 207 Å². The Morgan fingerprint density at radius 3 is 2.42 bits per heavy atom. The van der Waals surface area contributed by atoms with E-state index in [-0.39, 0.29) is 23.5 Å². The number of aromatic amines is 1. The molecule has 36 heavy (non-hydrogen) atoms. The lowest BCUT2D eigenvalue weighted by molar-refractivity contribution is 0.171. The molecule has 1 aliphatic heterocycles. The zero-order chi connectivity index (χ0) is 25.3. The maximum absolute atomic E-state index is 13.7. The Balaban J connectivity index is 1.55. The third-order valence-corrected chi connectivity index (χ3v) is 7.62. The lowest BCUT2D eigenvalue weighted by Crippen LogP contribution is -2.32. The van der Waals surface area contributed by atoms with Gasteiger partial charge in [-0.05, 0) is 36.4 Å². The van der Waals surface area contributed by atoms with Gasteiger partial charge in [-0.15, -0.1) is 0 Å². The van der Waals surface area contributed by atoms with E-state index >= 15 is 0 Å². The number of hydrogen-bond acceptors (Lipinski definition) is 8. The summed E-state index contributed by atoms with van der Waals surface area (Å²) in [4.78, 5) is 15.8. The largest absolute Gasteiger partial charge is 0.493 e. The number of nitrogens with zero attached hydrogens (tertiary/aromatic N) is 1. The third-order valence-electron chi connectivity index (χ3n) is 5.84. The molecule has 1 N–H and O–H groups in total. The van der Waals surface area contributed by atoms with Crippen LogP contribution in [0.5, 0.6) is 23.0 Å². The van der Waals surface area contributed by atoms with Crippen LogP contribution in [0.25, 0.3) is 10.9 Å². The predicted octanol–water partition coefficient (Wildman–Crippen LogP) is 3.30. The van der Waals surface area contributed by atoms with Crippen molar-refractivity contribution in [1.29, 1.82) is 0 Å². The minimum atomic E-state index is -4.06. The van der Waals surface area contributed by atoms with Crippen molar-refractivity contribution < 1.29 is 31.8 Å². The van der Waals surface area contributed by atoms with Crippen molar-refractivity contribution in [2.75, 3.05) is 27.4 Å². The predicted molar refractivity (Wildman–Crippen MR) is 130 cm³/mol. The van der Waals surface area contributed by atoms with E-state index in [0.717, 1.165) is 0 Å².